The molecule has 0 spiro atoms. The Morgan fingerprint density at radius 3 is 3.19 bits per heavy atom. The van der Waals surface area contributed by atoms with Crippen molar-refractivity contribution in [3.8, 4) is 0 Å². The topological polar surface area (TPSA) is 96.5 Å². The molecule has 2 rings (SSSR count). The lowest BCUT2D eigenvalue weighted by Gasteiger charge is -2.33. The number of hydrogen-bond donors (Lipinski definition) is 3. The Balaban J connectivity index is 1.96. The standard InChI is InChI=1S/C8H15N5O2S/c9-10-8-12-11-7(16-8)3-13-1-2-15-5-6(13)4-14/h6,14H,1-5,9H2,(H,10,12). The van der Waals surface area contributed by atoms with Crippen molar-refractivity contribution in [3.05, 3.63) is 5.01 Å². The number of rotatable bonds is 4. The first-order chi connectivity index (χ1) is 7.83. The summed E-state index contributed by atoms with van der Waals surface area (Å²) in [5, 5.41) is 18.6. The summed E-state index contributed by atoms with van der Waals surface area (Å²) in [5.41, 5.74) is 2.46. The quantitative estimate of drug-likeness (QED) is 0.463. The van der Waals surface area contributed by atoms with E-state index in [0.717, 1.165) is 11.6 Å². The van der Waals surface area contributed by atoms with Crippen LogP contribution in [0.25, 0.3) is 0 Å². The van der Waals surface area contributed by atoms with Crippen molar-refractivity contribution in [1.29, 1.82) is 0 Å². The molecule has 8 heteroatoms. The summed E-state index contributed by atoms with van der Waals surface area (Å²) in [6.45, 7) is 2.83. The van der Waals surface area contributed by atoms with Crippen molar-refractivity contribution >= 4 is 16.5 Å². The highest BCUT2D eigenvalue weighted by molar-refractivity contribution is 7.15. The zero-order chi connectivity index (χ0) is 11.4. The maximum Gasteiger partial charge on any atom is 0.219 e. The Bertz CT molecular complexity index is 334. The smallest absolute Gasteiger partial charge is 0.219 e. The largest absolute Gasteiger partial charge is 0.395 e. The molecule has 90 valence electrons. The van der Waals surface area contributed by atoms with Crippen molar-refractivity contribution in [2.45, 2.75) is 12.6 Å². The Kier molecular flexibility index (Phi) is 4.02. The molecular weight excluding hydrogens is 230 g/mol. The summed E-state index contributed by atoms with van der Waals surface area (Å²) in [6.07, 6.45) is 0. The monoisotopic (exact) mass is 245 g/mol. The van der Waals surface area contributed by atoms with Gasteiger partial charge >= 0.3 is 0 Å². The van der Waals surface area contributed by atoms with E-state index in [9.17, 15) is 5.11 Å². The maximum absolute atomic E-state index is 9.20. The van der Waals surface area contributed by atoms with Crippen molar-refractivity contribution in [2.24, 2.45) is 5.84 Å². The van der Waals surface area contributed by atoms with Crippen LogP contribution in [0.3, 0.4) is 0 Å². The van der Waals surface area contributed by atoms with Crippen LogP contribution in [-0.4, -0.2) is 52.6 Å². The van der Waals surface area contributed by atoms with E-state index in [1.807, 2.05) is 0 Å². The van der Waals surface area contributed by atoms with Gasteiger partial charge in [-0.3, -0.25) is 10.3 Å². The van der Waals surface area contributed by atoms with Crippen molar-refractivity contribution in [2.75, 3.05) is 31.8 Å². The third-order valence-electron chi connectivity index (χ3n) is 2.49. The minimum absolute atomic E-state index is 0.0481. The third-order valence-corrected chi connectivity index (χ3v) is 3.33. The zero-order valence-corrected chi connectivity index (χ0v) is 9.61. The van der Waals surface area contributed by atoms with Crippen molar-refractivity contribution < 1.29 is 9.84 Å². The molecule has 1 unspecified atom stereocenters. The van der Waals surface area contributed by atoms with Crippen LogP contribution in [0.5, 0.6) is 0 Å². The Morgan fingerprint density at radius 2 is 2.50 bits per heavy atom. The first kappa shape index (κ1) is 11.7. The second-order valence-electron chi connectivity index (χ2n) is 3.53. The van der Waals surface area contributed by atoms with Gasteiger partial charge in [0, 0.05) is 6.54 Å². The van der Waals surface area contributed by atoms with E-state index in [1.54, 1.807) is 0 Å². The van der Waals surface area contributed by atoms with E-state index in [4.69, 9.17) is 10.6 Å². The van der Waals surface area contributed by atoms with E-state index in [2.05, 4.69) is 20.5 Å². The third kappa shape index (κ3) is 2.66. The minimum Gasteiger partial charge on any atom is -0.395 e. The molecule has 0 aromatic carbocycles. The fourth-order valence-corrected chi connectivity index (χ4v) is 2.29. The molecule has 4 N–H and O–H groups in total. The predicted octanol–water partition coefficient (Wildman–Crippen LogP) is -0.983. The van der Waals surface area contributed by atoms with Crippen LogP contribution in [0.4, 0.5) is 5.13 Å². The lowest BCUT2D eigenvalue weighted by molar-refractivity contribution is -0.0313. The van der Waals surface area contributed by atoms with E-state index >= 15 is 0 Å². The number of aliphatic hydroxyl groups excluding tert-OH is 1. The molecular formula is C8H15N5O2S. The van der Waals surface area contributed by atoms with Gasteiger partial charge < -0.3 is 9.84 Å². The Morgan fingerprint density at radius 1 is 1.62 bits per heavy atom. The number of hydrazine groups is 1. The van der Waals surface area contributed by atoms with E-state index in [1.165, 1.54) is 11.3 Å². The Labute approximate surface area is 97.2 Å². The average Bonchev–Trinajstić information content (AvgIpc) is 2.77. The van der Waals surface area contributed by atoms with Crippen LogP contribution in [-0.2, 0) is 11.3 Å². The van der Waals surface area contributed by atoms with Gasteiger partial charge in [-0.2, -0.15) is 0 Å². The summed E-state index contributed by atoms with van der Waals surface area (Å²) >= 11 is 1.42. The highest BCUT2D eigenvalue weighted by Gasteiger charge is 2.23. The van der Waals surface area contributed by atoms with E-state index in [0.29, 0.717) is 24.9 Å². The van der Waals surface area contributed by atoms with E-state index in [-0.39, 0.29) is 12.6 Å². The zero-order valence-electron chi connectivity index (χ0n) is 8.80. The molecule has 1 fully saturated rings. The summed E-state index contributed by atoms with van der Waals surface area (Å²) in [4.78, 5) is 2.14. The summed E-state index contributed by atoms with van der Waals surface area (Å²) < 4.78 is 5.30. The summed E-state index contributed by atoms with van der Waals surface area (Å²) in [5.74, 6) is 5.23. The fraction of sp³-hybridized carbons (Fsp3) is 0.750. The number of nitrogen functional groups attached to an aromatic ring is 1. The number of nitrogens with two attached hydrogens (primary N) is 1. The number of aromatic nitrogens is 2. The number of hydrogen-bond acceptors (Lipinski definition) is 8. The molecule has 0 bridgehead atoms. The minimum atomic E-state index is 0.0481. The SMILES string of the molecule is NNc1nnc(CN2CCOCC2CO)s1. The predicted molar refractivity (Wildman–Crippen MR) is 59.8 cm³/mol. The summed E-state index contributed by atoms with van der Waals surface area (Å²) in [6, 6.07) is 0.0481. The van der Waals surface area contributed by atoms with Crippen LogP contribution in [0, 0.1) is 0 Å². The van der Waals surface area contributed by atoms with Gasteiger partial charge in [0.05, 0.1) is 32.4 Å². The molecule has 1 aromatic heterocycles. The van der Waals surface area contributed by atoms with Crippen LogP contribution in [0.2, 0.25) is 0 Å². The van der Waals surface area contributed by atoms with Crippen molar-refractivity contribution in [3.63, 3.8) is 0 Å². The van der Waals surface area contributed by atoms with Gasteiger partial charge in [-0.1, -0.05) is 11.3 Å². The Hall–Kier alpha value is -0.800. The molecule has 1 aliphatic heterocycles. The summed E-state index contributed by atoms with van der Waals surface area (Å²) in [7, 11) is 0. The number of nitrogens with zero attached hydrogens (tertiary/aromatic N) is 3. The number of anilines is 1. The molecule has 16 heavy (non-hydrogen) atoms. The van der Waals surface area contributed by atoms with Gasteiger partial charge in [-0.25, -0.2) is 5.84 Å². The van der Waals surface area contributed by atoms with Crippen LogP contribution < -0.4 is 11.3 Å². The first-order valence-electron chi connectivity index (χ1n) is 5.05. The fourth-order valence-electron chi connectivity index (χ4n) is 1.62. The van der Waals surface area contributed by atoms with Gasteiger partial charge in [0.2, 0.25) is 5.13 Å². The molecule has 0 aliphatic carbocycles. The highest BCUT2D eigenvalue weighted by atomic mass is 32.1. The molecule has 7 nitrogen and oxygen atoms in total. The first-order valence-corrected chi connectivity index (χ1v) is 5.86. The highest BCUT2D eigenvalue weighted by Crippen LogP contribution is 2.18. The van der Waals surface area contributed by atoms with Gasteiger partial charge in [-0.15, -0.1) is 10.2 Å². The molecule has 1 saturated heterocycles. The van der Waals surface area contributed by atoms with Crippen LogP contribution >= 0.6 is 11.3 Å². The second-order valence-corrected chi connectivity index (χ2v) is 4.59. The van der Waals surface area contributed by atoms with Crippen LogP contribution in [0.15, 0.2) is 0 Å². The lowest BCUT2D eigenvalue weighted by Crippen LogP contribution is -2.46. The lowest BCUT2D eigenvalue weighted by atomic mass is 10.2. The molecule has 0 saturated carbocycles. The van der Waals surface area contributed by atoms with Gasteiger partial charge in [0.1, 0.15) is 5.01 Å². The number of ether oxygens (including phenoxy) is 1. The van der Waals surface area contributed by atoms with Gasteiger partial charge in [-0.05, 0) is 0 Å². The molecule has 1 atom stereocenters. The molecule has 1 aromatic rings. The number of nitrogens with one attached hydrogen (secondary N) is 1. The van der Waals surface area contributed by atoms with Crippen molar-refractivity contribution in [1.82, 2.24) is 15.1 Å². The molecule has 0 radical (unpaired) electrons. The second kappa shape index (κ2) is 5.51. The molecule has 2 heterocycles. The average molecular weight is 245 g/mol. The van der Waals surface area contributed by atoms with Gasteiger partial charge in [0.15, 0.2) is 0 Å². The molecule has 0 amide bonds. The normalized spacial score (nSPS) is 22.2. The van der Waals surface area contributed by atoms with E-state index < -0.39 is 0 Å². The van der Waals surface area contributed by atoms with Gasteiger partial charge in [0.25, 0.3) is 0 Å². The van der Waals surface area contributed by atoms with Crippen LogP contribution in [0.1, 0.15) is 5.01 Å². The number of aliphatic hydroxyl groups is 1. The maximum atomic E-state index is 9.20. The number of morpholine rings is 1. The molecule has 1 aliphatic rings.